The minimum Gasteiger partial charge on any atom is -0.466 e. The first-order valence-corrected chi connectivity index (χ1v) is 5.88. The van der Waals surface area contributed by atoms with Crippen LogP contribution >= 0.6 is 27.7 Å². The van der Waals surface area contributed by atoms with Gasteiger partial charge in [0.15, 0.2) is 0 Å². The second-order valence-electron chi connectivity index (χ2n) is 2.55. The van der Waals surface area contributed by atoms with Crippen LogP contribution < -0.4 is 5.32 Å². The Morgan fingerprint density at radius 2 is 2.43 bits per heavy atom. The summed E-state index contributed by atoms with van der Waals surface area (Å²) in [5.74, 6) is 0.0761. The van der Waals surface area contributed by atoms with E-state index in [0.717, 1.165) is 0 Å². The van der Waals surface area contributed by atoms with Crippen LogP contribution in [0.1, 0.15) is 13.3 Å². The normalized spacial score (nSPS) is 19.1. The summed E-state index contributed by atoms with van der Waals surface area (Å²) in [4.78, 5) is 21.9. The maximum Gasteiger partial charge on any atom is 0.310 e. The van der Waals surface area contributed by atoms with Gasteiger partial charge in [-0.1, -0.05) is 27.7 Å². The Morgan fingerprint density at radius 3 is 2.93 bits per heavy atom. The summed E-state index contributed by atoms with van der Waals surface area (Å²) in [6, 6.07) is 0. The van der Waals surface area contributed by atoms with Crippen molar-refractivity contribution in [3.63, 3.8) is 0 Å². The molecule has 1 aliphatic heterocycles. The number of rotatable bonds is 3. The molecule has 14 heavy (non-hydrogen) atoms. The van der Waals surface area contributed by atoms with Gasteiger partial charge >= 0.3 is 5.97 Å². The summed E-state index contributed by atoms with van der Waals surface area (Å²) in [6.07, 6.45) is 0.163. The standard InChI is InChI=1S/C8H10BrNO3S/c1-2-13-7(12)3-5(9)8-10-6(11)4-14-8/h2-4H2,1H3,(H,10,11)/b8-5+. The van der Waals surface area contributed by atoms with Crippen molar-refractivity contribution in [2.75, 3.05) is 12.4 Å². The van der Waals surface area contributed by atoms with Gasteiger partial charge in [0, 0.05) is 4.48 Å². The third-order valence-electron chi connectivity index (χ3n) is 1.45. The molecule has 4 nitrogen and oxygen atoms in total. The molecule has 0 unspecified atom stereocenters. The summed E-state index contributed by atoms with van der Waals surface area (Å²) < 4.78 is 5.45. The quantitative estimate of drug-likeness (QED) is 0.793. The third-order valence-corrected chi connectivity index (χ3v) is 3.43. The molecule has 1 rings (SSSR count). The fraction of sp³-hybridized carbons (Fsp3) is 0.500. The number of ether oxygens (including phenoxy) is 1. The molecule has 1 saturated heterocycles. The molecule has 0 atom stereocenters. The minimum absolute atomic E-state index is 0.0363. The lowest BCUT2D eigenvalue weighted by Crippen LogP contribution is -2.15. The van der Waals surface area contributed by atoms with Gasteiger partial charge in [-0.2, -0.15) is 0 Å². The Kier molecular flexibility index (Phi) is 4.47. The number of halogens is 1. The van der Waals surface area contributed by atoms with E-state index in [-0.39, 0.29) is 18.3 Å². The van der Waals surface area contributed by atoms with E-state index >= 15 is 0 Å². The van der Waals surface area contributed by atoms with Crippen LogP contribution in [0.25, 0.3) is 0 Å². The van der Waals surface area contributed by atoms with E-state index in [1.807, 2.05) is 0 Å². The third kappa shape index (κ3) is 3.34. The zero-order valence-corrected chi connectivity index (χ0v) is 10.0. The molecule has 0 spiro atoms. The molecule has 6 heteroatoms. The van der Waals surface area contributed by atoms with Gasteiger partial charge in [0.1, 0.15) is 0 Å². The topological polar surface area (TPSA) is 55.4 Å². The second kappa shape index (κ2) is 5.41. The molecule has 1 amide bonds. The van der Waals surface area contributed by atoms with Gasteiger partial charge in [0.25, 0.3) is 0 Å². The van der Waals surface area contributed by atoms with Crippen LogP contribution in [0.2, 0.25) is 0 Å². The van der Waals surface area contributed by atoms with Gasteiger partial charge in [-0.3, -0.25) is 9.59 Å². The Morgan fingerprint density at radius 1 is 1.71 bits per heavy atom. The van der Waals surface area contributed by atoms with Crippen LogP contribution in [0, 0.1) is 0 Å². The molecule has 0 saturated carbocycles. The van der Waals surface area contributed by atoms with E-state index in [2.05, 4.69) is 21.2 Å². The second-order valence-corrected chi connectivity index (χ2v) is 4.50. The summed E-state index contributed by atoms with van der Waals surface area (Å²) in [5.41, 5.74) is 0. The van der Waals surface area contributed by atoms with Gasteiger partial charge < -0.3 is 10.1 Å². The summed E-state index contributed by atoms with van der Waals surface area (Å²) >= 11 is 4.63. The lowest BCUT2D eigenvalue weighted by Gasteiger charge is -2.03. The van der Waals surface area contributed by atoms with Crippen LogP contribution in [0.3, 0.4) is 0 Å². The van der Waals surface area contributed by atoms with E-state index < -0.39 is 0 Å². The molecule has 0 aromatic rings. The largest absolute Gasteiger partial charge is 0.466 e. The van der Waals surface area contributed by atoms with Crippen LogP contribution in [-0.4, -0.2) is 24.2 Å². The number of esters is 1. The van der Waals surface area contributed by atoms with Gasteiger partial charge in [-0.15, -0.1) is 0 Å². The SMILES string of the molecule is CCOC(=O)C/C(Br)=C1/NC(=O)CS1. The highest BCUT2D eigenvalue weighted by Gasteiger charge is 2.19. The van der Waals surface area contributed by atoms with E-state index in [1.54, 1.807) is 6.92 Å². The van der Waals surface area contributed by atoms with Crippen molar-refractivity contribution >= 4 is 39.6 Å². The number of carbonyl (C=O) groups is 2. The predicted molar refractivity (Wildman–Crippen MR) is 57.8 cm³/mol. The number of hydrogen-bond donors (Lipinski definition) is 1. The van der Waals surface area contributed by atoms with Gasteiger partial charge in [-0.25, -0.2) is 0 Å². The maximum atomic E-state index is 11.1. The molecule has 0 bridgehead atoms. The molecule has 1 fully saturated rings. The molecule has 1 N–H and O–H groups in total. The number of nitrogens with one attached hydrogen (secondary N) is 1. The van der Waals surface area contributed by atoms with E-state index in [4.69, 9.17) is 4.74 Å². The first-order chi connectivity index (χ1) is 6.63. The van der Waals surface area contributed by atoms with Gasteiger partial charge in [0.05, 0.1) is 23.8 Å². The van der Waals surface area contributed by atoms with Crippen LogP contribution in [-0.2, 0) is 14.3 Å². The van der Waals surface area contributed by atoms with Crippen LogP contribution in [0.15, 0.2) is 9.51 Å². The predicted octanol–water partition coefficient (Wildman–Crippen LogP) is 1.37. The molecular weight excluding hydrogens is 270 g/mol. The van der Waals surface area contributed by atoms with E-state index in [0.29, 0.717) is 21.9 Å². The zero-order valence-electron chi connectivity index (χ0n) is 7.63. The first kappa shape index (κ1) is 11.6. The van der Waals surface area contributed by atoms with Crippen molar-refractivity contribution in [2.24, 2.45) is 0 Å². The molecule has 0 radical (unpaired) electrons. The van der Waals surface area contributed by atoms with Crippen molar-refractivity contribution in [3.05, 3.63) is 9.51 Å². The molecule has 1 heterocycles. The van der Waals surface area contributed by atoms with Crippen molar-refractivity contribution in [3.8, 4) is 0 Å². The fourth-order valence-electron chi connectivity index (χ4n) is 0.902. The molecule has 0 aliphatic carbocycles. The van der Waals surface area contributed by atoms with Crippen molar-refractivity contribution < 1.29 is 14.3 Å². The number of hydrogen-bond acceptors (Lipinski definition) is 4. The number of thioether (sulfide) groups is 1. The van der Waals surface area contributed by atoms with E-state index in [1.165, 1.54) is 11.8 Å². The lowest BCUT2D eigenvalue weighted by atomic mass is 10.4. The Hall–Kier alpha value is -0.490. The van der Waals surface area contributed by atoms with Crippen LogP contribution in [0.5, 0.6) is 0 Å². The molecule has 1 aliphatic rings. The average molecular weight is 280 g/mol. The number of carbonyl (C=O) groups excluding carboxylic acids is 2. The first-order valence-electron chi connectivity index (χ1n) is 4.10. The van der Waals surface area contributed by atoms with Crippen molar-refractivity contribution in [1.29, 1.82) is 0 Å². The Balaban J connectivity index is 2.52. The van der Waals surface area contributed by atoms with Crippen molar-refractivity contribution in [1.82, 2.24) is 5.32 Å². The Bertz CT molecular complexity index is 290. The monoisotopic (exact) mass is 279 g/mol. The highest BCUT2D eigenvalue weighted by atomic mass is 79.9. The summed E-state index contributed by atoms with van der Waals surface area (Å²) in [6.45, 7) is 2.12. The van der Waals surface area contributed by atoms with Crippen molar-refractivity contribution in [2.45, 2.75) is 13.3 Å². The fourth-order valence-corrected chi connectivity index (χ4v) is 2.34. The lowest BCUT2D eigenvalue weighted by molar-refractivity contribution is -0.142. The average Bonchev–Trinajstić information content (AvgIpc) is 2.52. The molecule has 0 aromatic carbocycles. The maximum absolute atomic E-state index is 11.1. The molecule has 78 valence electrons. The Labute approximate surface area is 94.6 Å². The van der Waals surface area contributed by atoms with Gasteiger partial charge in [-0.05, 0) is 6.92 Å². The number of amides is 1. The summed E-state index contributed by atoms with van der Waals surface area (Å²) in [5, 5.41) is 3.36. The minimum atomic E-state index is -0.298. The van der Waals surface area contributed by atoms with Gasteiger partial charge in [0.2, 0.25) is 5.91 Å². The van der Waals surface area contributed by atoms with Crippen LogP contribution in [0.4, 0.5) is 0 Å². The highest BCUT2D eigenvalue weighted by Crippen LogP contribution is 2.27. The van der Waals surface area contributed by atoms with E-state index in [9.17, 15) is 9.59 Å². The summed E-state index contributed by atoms with van der Waals surface area (Å²) in [7, 11) is 0. The zero-order chi connectivity index (χ0) is 10.6. The molecular formula is C8H10BrNO3S. The smallest absolute Gasteiger partial charge is 0.310 e. The highest BCUT2D eigenvalue weighted by molar-refractivity contribution is 9.11. The molecule has 0 aromatic heterocycles.